The van der Waals surface area contributed by atoms with Gasteiger partial charge >= 0.3 is 0 Å². The number of rotatable bonds is 11. The second-order valence-corrected chi connectivity index (χ2v) is 6.75. The zero-order valence-corrected chi connectivity index (χ0v) is 16.8. The molecule has 0 spiro atoms. The van der Waals surface area contributed by atoms with Crippen LogP contribution in [0.1, 0.15) is 32.3 Å². The van der Waals surface area contributed by atoms with Crippen LogP contribution in [0.15, 0.2) is 60.7 Å². The second-order valence-electron chi connectivity index (χ2n) is 6.75. The molecule has 0 aliphatic carbocycles. The molecule has 0 bridgehead atoms. The quantitative estimate of drug-likeness (QED) is 0.606. The fourth-order valence-electron chi connectivity index (χ4n) is 2.85. The Balaban J connectivity index is 2.00. The van der Waals surface area contributed by atoms with Crippen molar-refractivity contribution in [2.75, 3.05) is 19.7 Å². The topological polar surface area (TPSA) is 58.6 Å². The van der Waals surface area contributed by atoms with Crippen molar-refractivity contribution in [3.63, 3.8) is 0 Å². The van der Waals surface area contributed by atoms with E-state index in [2.05, 4.69) is 12.2 Å². The second kappa shape index (κ2) is 11.8. The number of carbonyl (C=O) groups excluding carboxylic acids is 2. The monoisotopic (exact) mass is 382 g/mol. The van der Waals surface area contributed by atoms with E-state index in [0.717, 1.165) is 18.4 Å². The molecule has 1 atom stereocenters. The van der Waals surface area contributed by atoms with E-state index >= 15 is 0 Å². The number of para-hydroxylation sites is 1. The zero-order valence-electron chi connectivity index (χ0n) is 16.8. The van der Waals surface area contributed by atoms with E-state index in [9.17, 15) is 9.59 Å². The summed E-state index contributed by atoms with van der Waals surface area (Å²) < 4.78 is 5.61. The molecule has 0 aliphatic rings. The molecule has 5 heteroatoms. The summed E-state index contributed by atoms with van der Waals surface area (Å²) in [6.07, 6.45) is 2.62. The standard InChI is InChI=1S/C23H30N2O3/c1-3-4-16-24-23(27)19(2)25(17-15-20-11-7-5-8-12-20)22(26)18-28-21-13-9-6-10-14-21/h5-14,19H,3-4,15-18H2,1-2H3,(H,24,27). The molecule has 1 N–H and O–H groups in total. The highest BCUT2D eigenvalue weighted by atomic mass is 16.5. The first-order valence-electron chi connectivity index (χ1n) is 9.90. The molecule has 0 saturated heterocycles. The highest BCUT2D eigenvalue weighted by Gasteiger charge is 2.25. The van der Waals surface area contributed by atoms with Crippen molar-refractivity contribution in [2.45, 2.75) is 39.2 Å². The van der Waals surface area contributed by atoms with Crippen LogP contribution in [-0.4, -0.2) is 42.5 Å². The van der Waals surface area contributed by atoms with Crippen molar-refractivity contribution in [3.8, 4) is 5.75 Å². The molecule has 150 valence electrons. The van der Waals surface area contributed by atoms with Gasteiger partial charge in [-0.15, -0.1) is 0 Å². The van der Waals surface area contributed by atoms with Gasteiger partial charge in [-0.05, 0) is 37.5 Å². The molecule has 5 nitrogen and oxygen atoms in total. The van der Waals surface area contributed by atoms with Crippen LogP contribution in [0, 0.1) is 0 Å². The van der Waals surface area contributed by atoms with Gasteiger partial charge in [0.2, 0.25) is 5.91 Å². The van der Waals surface area contributed by atoms with E-state index < -0.39 is 6.04 Å². The van der Waals surface area contributed by atoms with Gasteiger partial charge in [-0.25, -0.2) is 0 Å². The normalized spacial score (nSPS) is 11.5. The lowest BCUT2D eigenvalue weighted by Crippen LogP contribution is -2.50. The van der Waals surface area contributed by atoms with Gasteiger partial charge in [0.25, 0.3) is 5.91 Å². The first-order valence-corrected chi connectivity index (χ1v) is 9.90. The number of unbranched alkanes of at least 4 members (excludes halogenated alkanes) is 1. The molecule has 0 aromatic heterocycles. The summed E-state index contributed by atoms with van der Waals surface area (Å²) in [5.74, 6) is 0.311. The maximum absolute atomic E-state index is 12.8. The minimum Gasteiger partial charge on any atom is -0.484 e. The Kier molecular flexibility index (Phi) is 9.05. The number of nitrogens with one attached hydrogen (secondary N) is 1. The first-order chi connectivity index (χ1) is 13.6. The number of hydrogen-bond acceptors (Lipinski definition) is 3. The highest BCUT2D eigenvalue weighted by Crippen LogP contribution is 2.10. The van der Waals surface area contributed by atoms with Crippen LogP contribution < -0.4 is 10.1 Å². The van der Waals surface area contributed by atoms with Gasteiger partial charge in [0.1, 0.15) is 11.8 Å². The Bertz CT molecular complexity index is 719. The average molecular weight is 383 g/mol. The number of carbonyl (C=O) groups is 2. The molecule has 2 amide bonds. The molecule has 0 radical (unpaired) electrons. The SMILES string of the molecule is CCCCNC(=O)C(C)N(CCc1ccccc1)C(=O)COc1ccccc1. The molecular weight excluding hydrogens is 352 g/mol. The van der Waals surface area contributed by atoms with Crippen molar-refractivity contribution in [3.05, 3.63) is 66.2 Å². The molecule has 2 aromatic carbocycles. The Hall–Kier alpha value is -2.82. The number of benzene rings is 2. The van der Waals surface area contributed by atoms with Crippen molar-refractivity contribution in [1.29, 1.82) is 0 Å². The highest BCUT2D eigenvalue weighted by molar-refractivity contribution is 5.87. The molecule has 2 aromatic rings. The minimum absolute atomic E-state index is 0.0919. The average Bonchev–Trinajstić information content (AvgIpc) is 2.73. The van der Waals surface area contributed by atoms with Crippen LogP contribution in [0.3, 0.4) is 0 Å². The summed E-state index contributed by atoms with van der Waals surface area (Å²) in [7, 11) is 0. The van der Waals surface area contributed by atoms with E-state index in [4.69, 9.17) is 4.74 Å². The van der Waals surface area contributed by atoms with E-state index in [1.54, 1.807) is 11.8 Å². The summed E-state index contributed by atoms with van der Waals surface area (Å²) in [6, 6.07) is 18.6. The molecule has 0 fully saturated rings. The molecule has 0 aliphatic heterocycles. The molecular formula is C23H30N2O3. The summed E-state index contributed by atoms with van der Waals surface area (Å²) in [6.45, 7) is 4.84. The molecule has 28 heavy (non-hydrogen) atoms. The van der Waals surface area contributed by atoms with E-state index in [1.807, 2.05) is 60.7 Å². The predicted molar refractivity (Wildman–Crippen MR) is 111 cm³/mol. The Morgan fingerprint density at radius 1 is 1.04 bits per heavy atom. The van der Waals surface area contributed by atoms with Crippen LogP contribution in [0.2, 0.25) is 0 Å². The number of ether oxygens (including phenoxy) is 1. The van der Waals surface area contributed by atoms with Gasteiger partial charge in [0, 0.05) is 13.1 Å². The lowest BCUT2D eigenvalue weighted by Gasteiger charge is -2.28. The number of hydrogen-bond donors (Lipinski definition) is 1. The van der Waals surface area contributed by atoms with Gasteiger partial charge in [-0.2, -0.15) is 0 Å². The maximum Gasteiger partial charge on any atom is 0.261 e. The Morgan fingerprint density at radius 3 is 2.32 bits per heavy atom. The lowest BCUT2D eigenvalue weighted by molar-refractivity contribution is -0.141. The van der Waals surface area contributed by atoms with Crippen LogP contribution in [0.4, 0.5) is 0 Å². The van der Waals surface area contributed by atoms with Crippen molar-refractivity contribution >= 4 is 11.8 Å². The molecule has 0 saturated carbocycles. The van der Waals surface area contributed by atoms with E-state index in [-0.39, 0.29) is 18.4 Å². The van der Waals surface area contributed by atoms with E-state index in [1.165, 1.54) is 0 Å². The Labute approximate surface area is 167 Å². The van der Waals surface area contributed by atoms with Gasteiger partial charge in [0.05, 0.1) is 0 Å². The first kappa shape index (κ1) is 21.5. The third kappa shape index (κ3) is 7.06. The van der Waals surface area contributed by atoms with Crippen molar-refractivity contribution in [2.24, 2.45) is 0 Å². The maximum atomic E-state index is 12.8. The fourth-order valence-corrected chi connectivity index (χ4v) is 2.85. The smallest absolute Gasteiger partial charge is 0.261 e. The minimum atomic E-state index is -0.549. The summed E-state index contributed by atoms with van der Waals surface area (Å²) >= 11 is 0. The number of amides is 2. The summed E-state index contributed by atoms with van der Waals surface area (Å²) in [5, 5.41) is 2.92. The largest absolute Gasteiger partial charge is 0.484 e. The van der Waals surface area contributed by atoms with Crippen LogP contribution in [-0.2, 0) is 16.0 Å². The van der Waals surface area contributed by atoms with E-state index in [0.29, 0.717) is 25.3 Å². The molecule has 2 rings (SSSR count). The van der Waals surface area contributed by atoms with Crippen molar-refractivity contribution < 1.29 is 14.3 Å². The summed E-state index contributed by atoms with van der Waals surface area (Å²) in [5.41, 5.74) is 1.13. The van der Waals surface area contributed by atoms with Crippen molar-refractivity contribution in [1.82, 2.24) is 10.2 Å². The zero-order chi connectivity index (χ0) is 20.2. The predicted octanol–water partition coefficient (Wildman–Crippen LogP) is 3.44. The van der Waals surface area contributed by atoms with Gasteiger partial charge in [-0.3, -0.25) is 9.59 Å². The fraction of sp³-hybridized carbons (Fsp3) is 0.391. The summed E-state index contributed by atoms with van der Waals surface area (Å²) in [4.78, 5) is 26.9. The van der Waals surface area contributed by atoms with Gasteiger partial charge in [0.15, 0.2) is 6.61 Å². The van der Waals surface area contributed by atoms with Gasteiger partial charge < -0.3 is 15.0 Å². The third-order valence-corrected chi connectivity index (χ3v) is 4.59. The lowest BCUT2D eigenvalue weighted by atomic mass is 10.1. The molecule has 1 unspecified atom stereocenters. The van der Waals surface area contributed by atoms with Crippen LogP contribution >= 0.6 is 0 Å². The van der Waals surface area contributed by atoms with Gasteiger partial charge in [-0.1, -0.05) is 61.9 Å². The number of nitrogens with zero attached hydrogens (tertiary/aromatic N) is 1. The Morgan fingerprint density at radius 2 is 1.68 bits per heavy atom. The third-order valence-electron chi connectivity index (χ3n) is 4.59. The molecule has 0 heterocycles. The van der Waals surface area contributed by atoms with Crippen LogP contribution in [0.25, 0.3) is 0 Å². The van der Waals surface area contributed by atoms with Crippen LogP contribution in [0.5, 0.6) is 5.75 Å².